The minimum absolute atomic E-state index is 0.162. The maximum absolute atomic E-state index is 13.1. The highest BCUT2D eigenvalue weighted by Crippen LogP contribution is 2.30. The number of benzene rings is 2. The number of phenols is 1. The van der Waals surface area contributed by atoms with E-state index in [1.807, 2.05) is 0 Å². The van der Waals surface area contributed by atoms with Crippen LogP contribution in [-0.2, 0) is 0 Å². The highest BCUT2D eigenvalue weighted by Gasteiger charge is 2.14. The van der Waals surface area contributed by atoms with Crippen molar-refractivity contribution in [3.63, 3.8) is 0 Å². The molecule has 2 aromatic carbocycles. The van der Waals surface area contributed by atoms with Gasteiger partial charge >= 0.3 is 0 Å². The Morgan fingerprint density at radius 1 is 1.19 bits per heavy atom. The van der Waals surface area contributed by atoms with Crippen LogP contribution in [0.25, 0.3) is 22.8 Å². The van der Waals surface area contributed by atoms with Crippen molar-refractivity contribution in [2.24, 2.45) is 0 Å². The van der Waals surface area contributed by atoms with Crippen LogP contribution in [0.5, 0.6) is 5.75 Å². The second kappa shape index (κ2) is 5.29. The molecule has 3 aromatic rings. The van der Waals surface area contributed by atoms with Crippen LogP contribution in [0, 0.1) is 12.7 Å². The molecule has 0 aliphatic heterocycles. The largest absolute Gasteiger partial charge is 0.508 e. The second-order valence-electron chi connectivity index (χ2n) is 4.55. The van der Waals surface area contributed by atoms with Crippen LogP contribution in [0.2, 0.25) is 0 Å². The van der Waals surface area contributed by atoms with E-state index in [0.717, 1.165) is 5.56 Å². The number of aromatic hydroxyl groups is 1. The van der Waals surface area contributed by atoms with Crippen molar-refractivity contribution < 1.29 is 14.0 Å². The summed E-state index contributed by atoms with van der Waals surface area (Å²) in [5, 5.41) is 13.6. The van der Waals surface area contributed by atoms with Gasteiger partial charge in [0.1, 0.15) is 11.6 Å². The van der Waals surface area contributed by atoms with E-state index in [-0.39, 0.29) is 17.5 Å². The molecule has 0 radical (unpaired) electrons. The van der Waals surface area contributed by atoms with Gasteiger partial charge in [0, 0.05) is 15.6 Å². The fourth-order valence-electron chi connectivity index (χ4n) is 1.86. The van der Waals surface area contributed by atoms with Gasteiger partial charge in [0.05, 0.1) is 0 Å². The molecule has 0 saturated heterocycles. The lowest BCUT2D eigenvalue weighted by Crippen LogP contribution is -1.85. The number of aromatic nitrogens is 2. The highest BCUT2D eigenvalue weighted by molar-refractivity contribution is 9.10. The summed E-state index contributed by atoms with van der Waals surface area (Å²) in [5.41, 5.74) is 2.01. The Kier molecular flexibility index (Phi) is 3.47. The summed E-state index contributed by atoms with van der Waals surface area (Å²) in [5.74, 6) is 0.446. The zero-order chi connectivity index (χ0) is 15.0. The number of hydrogen-bond donors (Lipinski definition) is 1. The fourth-order valence-corrected chi connectivity index (χ4v) is 2.39. The zero-order valence-electron chi connectivity index (χ0n) is 11.0. The van der Waals surface area contributed by atoms with Crippen LogP contribution in [0.15, 0.2) is 45.4 Å². The van der Waals surface area contributed by atoms with Gasteiger partial charge in [-0.2, -0.15) is 4.98 Å². The SMILES string of the molecule is Cc1ccc(-c2nc(-c3ccc(F)cc3Br)no2)cc1O. The molecule has 1 N–H and O–H groups in total. The molecule has 4 nitrogen and oxygen atoms in total. The smallest absolute Gasteiger partial charge is 0.258 e. The highest BCUT2D eigenvalue weighted by atomic mass is 79.9. The van der Waals surface area contributed by atoms with E-state index >= 15 is 0 Å². The first-order valence-corrected chi connectivity index (χ1v) is 6.93. The first-order valence-electron chi connectivity index (χ1n) is 6.14. The van der Waals surface area contributed by atoms with E-state index in [1.54, 1.807) is 31.2 Å². The predicted molar refractivity (Wildman–Crippen MR) is 79.2 cm³/mol. The van der Waals surface area contributed by atoms with Gasteiger partial charge in [0.15, 0.2) is 0 Å². The van der Waals surface area contributed by atoms with Gasteiger partial charge in [-0.05, 0) is 58.7 Å². The molecule has 1 aromatic heterocycles. The van der Waals surface area contributed by atoms with E-state index in [4.69, 9.17) is 4.52 Å². The maximum atomic E-state index is 13.1. The minimum Gasteiger partial charge on any atom is -0.508 e. The summed E-state index contributed by atoms with van der Waals surface area (Å²) in [6, 6.07) is 9.35. The summed E-state index contributed by atoms with van der Waals surface area (Å²) in [7, 11) is 0. The Bertz CT molecular complexity index is 817. The van der Waals surface area contributed by atoms with Gasteiger partial charge in [-0.25, -0.2) is 4.39 Å². The molecule has 6 heteroatoms. The van der Waals surface area contributed by atoms with E-state index < -0.39 is 0 Å². The number of aryl methyl sites for hydroxylation is 1. The molecular formula is C15H10BrFN2O2. The summed E-state index contributed by atoms with van der Waals surface area (Å²) in [6.45, 7) is 1.80. The molecule has 21 heavy (non-hydrogen) atoms. The first kappa shape index (κ1) is 13.8. The molecule has 0 atom stereocenters. The molecule has 0 unspecified atom stereocenters. The third-order valence-corrected chi connectivity index (χ3v) is 3.71. The lowest BCUT2D eigenvalue weighted by Gasteiger charge is -1.99. The summed E-state index contributed by atoms with van der Waals surface area (Å²) < 4.78 is 18.8. The Morgan fingerprint density at radius 2 is 2.00 bits per heavy atom. The van der Waals surface area contributed by atoms with Crippen LogP contribution in [0.4, 0.5) is 4.39 Å². The van der Waals surface area contributed by atoms with Crippen molar-refractivity contribution in [3.8, 4) is 28.6 Å². The number of nitrogens with zero attached hydrogens (tertiary/aromatic N) is 2. The molecular weight excluding hydrogens is 339 g/mol. The van der Waals surface area contributed by atoms with Crippen LogP contribution in [-0.4, -0.2) is 15.2 Å². The molecule has 106 valence electrons. The van der Waals surface area contributed by atoms with Crippen molar-refractivity contribution >= 4 is 15.9 Å². The molecule has 0 aliphatic carbocycles. The molecule has 0 amide bonds. The van der Waals surface area contributed by atoms with Gasteiger partial charge in [0.25, 0.3) is 5.89 Å². The average Bonchev–Trinajstić information content (AvgIpc) is 2.91. The zero-order valence-corrected chi connectivity index (χ0v) is 12.6. The standard InChI is InChI=1S/C15H10BrFN2O2/c1-8-2-3-9(6-13(8)20)15-18-14(19-21-15)11-5-4-10(17)7-12(11)16/h2-7,20H,1H3. The molecule has 3 rings (SSSR count). The van der Waals surface area contributed by atoms with Crippen molar-refractivity contribution in [1.82, 2.24) is 10.1 Å². The number of hydrogen-bond acceptors (Lipinski definition) is 4. The normalized spacial score (nSPS) is 10.8. The molecule has 0 aliphatic rings. The monoisotopic (exact) mass is 348 g/mol. The molecule has 0 bridgehead atoms. The Labute approximate surface area is 128 Å². The Balaban J connectivity index is 2.01. The number of phenolic OH excluding ortho intramolecular Hbond substituents is 1. The predicted octanol–water partition coefficient (Wildman–Crippen LogP) is 4.32. The molecule has 0 spiro atoms. The van der Waals surface area contributed by atoms with E-state index in [2.05, 4.69) is 26.1 Å². The van der Waals surface area contributed by atoms with Crippen molar-refractivity contribution in [2.45, 2.75) is 6.92 Å². The molecule has 1 heterocycles. The van der Waals surface area contributed by atoms with Crippen molar-refractivity contribution in [3.05, 3.63) is 52.3 Å². The summed E-state index contributed by atoms with van der Waals surface area (Å²) in [4.78, 5) is 4.27. The van der Waals surface area contributed by atoms with Gasteiger partial charge in [-0.15, -0.1) is 0 Å². The second-order valence-corrected chi connectivity index (χ2v) is 5.40. The lowest BCUT2D eigenvalue weighted by atomic mass is 10.1. The van der Waals surface area contributed by atoms with Gasteiger partial charge < -0.3 is 9.63 Å². The minimum atomic E-state index is -0.349. The van der Waals surface area contributed by atoms with Crippen LogP contribution < -0.4 is 0 Å². The van der Waals surface area contributed by atoms with Crippen LogP contribution in [0.1, 0.15) is 5.56 Å². The van der Waals surface area contributed by atoms with Crippen molar-refractivity contribution in [1.29, 1.82) is 0 Å². The van der Waals surface area contributed by atoms with E-state index in [0.29, 0.717) is 21.4 Å². The van der Waals surface area contributed by atoms with Gasteiger partial charge in [-0.1, -0.05) is 11.2 Å². The lowest BCUT2D eigenvalue weighted by molar-refractivity contribution is 0.431. The van der Waals surface area contributed by atoms with Crippen molar-refractivity contribution in [2.75, 3.05) is 0 Å². The van der Waals surface area contributed by atoms with Crippen LogP contribution >= 0.6 is 15.9 Å². The first-order chi connectivity index (χ1) is 10.0. The average molecular weight is 349 g/mol. The quantitative estimate of drug-likeness (QED) is 0.749. The number of rotatable bonds is 2. The van der Waals surface area contributed by atoms with Gasteiger partial charge in [0.2, 0.25) is 5.82 Å². The van der Waals surface area contributed by atoms with Gasteiger partial charge in [-0.3, -0.25) is 0 Å². The topological polar surface area (TPSA) is 59.2 Å². The molecule has 0 fully saturated rings. The maximum Gasteiger partial charge on any atom is 0.258 e. The van der Waals surface area contributed by atoms with Crippen LogP contribution in [0.3, 0.4) is 0 Å². The Morgan fingerprint density at radius 3 is 2.71 bits per heavy atom. The van der Waals surface area contributed by atoms with E-state index in [1.165, 1.54) is 12.1 Å². The Hall–Kier alpha value is -2.21. The fraction of sp³-hybridized carbons (Fsp3) is 0.0667. The summed E-state index contributed by atoms with van der Waals surface area (Å²) in [6.07, 6.45) is 0. The molecule has 0 saturated carbocycles. The summed E-state index contributed by atoms with van der Waals surface area (Å²) >= 11 is 3.27. The third-order valence-electron chi connectivity index (χ3n) is 3.05. The van der Waals surface area contributed by atoms with E-state index in [9.17, 15) is 9.50 Å². The number of halogens is 2. The third kappa shape index (κ3) is 2.67.